The highest BCUT2D eigenvalue weighted by molar-refractivity contribution is 5.70. The van der Waals surface area contributed by atoms with E-state index in [0.29, 0.717) is 6.42 Å². The number of hydrogen-bond acceptors (Lipinski definition) is 4. The molecular formula is C14H21NO3. The zero-order valence-corrected chi connectivity index (χ0v) is 11.2. The Labute approximate surface area is 108 Å². The van der Waals surface area contributed by atoms with Gasteiger partial charge in [-0.05, 0) is 30.7 Å². The van der Waals surface area contributed by atoms with E-state index >= 15 is 0 Å². The molecule has 0 unspecified atom stereocenters. The Kier molecular flexibility index (Phi) is 6.05. The molecule has 1 N–H and O–H groups in total. The number of carbonyl (C=O) groups excluding carboxylic acids is 1. The molecule has 0 fully saturated rings. The van der Waals surface area contributed by atoms with Crippen molar-refractivity contribution in [2.24, 2.45) is 0 Å². The van der Waals surface area contributed by atoms with E-state index in [1.165, 1.54) is 7.11 Å². The van der Waals surface area contributed by atoms with Crippen molar-refractivity contribution in [1.29, 1.82) is 0 Å². The zero-order chi connectivity index (χ0) is 13.4. The lowest BCUT2D eigenvalue weighted by Crippen LogP contribution is -2.23. The minimum Gasteiger partial charge on any atom is -0.497 e. The molecule has 0 radical (unpaired) electrons. The Morgan fingerprint density at radius 1 is 1.28 bits per heavy atom. The highest BCUT2D eigenvalue weighted by Crippen LogP contribution is 2.18. The first kappa shape index (κ1) is 14.4. The van der Waals surface area contributed by atoms with Crippen LogP contribution in [-0.2, 0) is 9.53 Å². The Morgan fingerprint density at radius 2 is 1.94 bits per heavy atom. The molecule has 0 amide bonds. The summed E-state index contributed by atoms with van der Waals surface area (Å²) in [7, 11) is 3.05. The van der Waals surface area contributed by atoms with E-state index in [1.807, 2.05) is 24.3 Å². The first-order valence-electron chi connectivity index (χ1n) is 6.17. The van der Waals surface area contributed by atoms with Crippen LogP contribution in [0.15, 0.2) is 24.3 Å². The molecule has 1 rings (SSSR count). The molecule has 0 aliphatic carbocycles. The molecule has 4 nitrogen and oxygen atoms in total. The summed E-state index contributed by atoms with van der Waals surface area (Å²) in [5.41, 5.74) is 0.984. The van der Waals surface area contributed by atoms with Gasteiger partial charge in [-0.1, -0.05) is 13.3 Å². The van der Waals surface area contributed by atoms with Gasteiger partial charge in [-0.3, -0.25) is 4.79 Å². The number of anilines is 1. The third kappa shape index (κ3) is 4.65. The highest BCUT2D eigenvalue weighted by Gasteiger charge is 2.13. The van der Waals surface area contributed by atoms with Crippen molar-refractivity contribution >= 4 is 11.7 Å². The molecule has 1 atom stereocenters. The first-order valence-corrected chi connectivity index (χ1v) is 6.17. The van der Waals surface area contributed by atoms with E-state index < -0.39 is 0 Å². The molecule has 4 heteroatoms. The summed E-state index contributed by atoms with van der Waals surface area (Å²) < 4.78 is 9.80. The lowest BCUT2D eigenvalue weighted by atomic mass is 10.1. The van der Waals surface area contributed by atoms with Gasteiger partial charge in [0.25, 0.3) is 0 Å². The van der Waals surface area contributed by atoms with Gasteiger partial charge in [-0.25, -0.2) is 0 Å². The van der Waals surface area contributed by atoms with Gasteiger partial charge < -0.3 is 14.8 Å². The number of carbonyl (C=O) groups is 1. The van der Waals surface area contributed by atoms with Crippen LogP contribution in [0.4, 0.5) is 5.69 Å². The fourth-order valence-corrected chi connectivity index (χ4v) is 1.78. The highest BCUT2D eigenvalue weighted by atomic mass is 16.5. The van der Waals surface area contributed by atoms with Gasteiger partial charge in [-0.2, -0.15) is 0 Å². The summed E-state index contributed by atoms with van der Waals surface area (Å²) in [6, 6.07) is 7.78. The van der Waals surface area contributed by atoms with Crippen molar-refractivity contribution in [1.82, 2.24) is 0 Å². The quantitative estimate of drug-likeness (QED) is 0.757. The topological polar surface area (TPSA) is 47.6 Å². The fraction of sp³-hybridized carbons (Fsp3) is 0.500. The standard InChI is InChI=1S/C14H21NO3/c1-4-5-12(10-14(16)18-3)15-11-6-8-13(17-2)9-7-11/h6-9,12,15H,4-5,10H2,1-3H3/t12-/m0/s1. The van der Waals surface area contributed by atoms with Crippen LogP contribution in [0.25, 0.3) is 0 Å². The Hall–Kier alpha value is -1.71. The third-order valence-electron chi connectivity index (χ3n) is 2.74. The smallest absolute Gasteiger partial charge is 0.307 e. The summed E-state index contributed by atoms with van der Waals surface area (Å²) >= 11 is 0. The largest absolute Gasteiger partial charge is 0.497 e. The molecule has 18 heavy (non-hydrogen) atoms. The second-order valence-electron chi connectivity index (χ2n) is 4.14. The molecule has 1 aromatic rings. The van der Waals surface area contributed by atoms with Crippen molar-refractivity contribution in [3.05, 3.63) is 24.3 Å². The van der Waals surface area contributed by atoms with Gasteiger partial charge in [0.15, 0.2) is 0 Å². The van der Waals surface area contributed by atoms with Gasteiger partial charge in [0.05, 0.1) is 20.6 Å². The average Bonchev–Trinajstić information content (AvgIpc) is 2.39. The molecule has 0 heterocycles. The lowest BCUT2D eigenvalue weighted by molar-refractivity contribution is -0.140. The molecule has 0 bridgehead atoms. The van der Waals surface area contributed by atoms with Gasteiger partial charge in [0, 0.05) is 11.7 Å². The summed E-state index contributed by atoms with van der Waals surface area (Å²) in [4.78, 5) is 11.3. The van der Waals surface area contributed by atoms with Gasteiger partial charge in [-0.15, -0.1) is 0 Å². The third-order valence-corrected chi connectivity index (χ3v) is 2.74. The van der Waals surface area contributed by atoms with Crippen LogP contribution < -0.4 is 10.1 Å². The van der Waals surface area contributed by atoms with Crippen molar-refractivity contribution in [2.45, 2.75) is 32.2 Å². The van der Waals surface area contributed by atoms with Crippen LogP contribution in [-0.4, -0.2) is 26.2 Å². The molecular weight excluding hydrogens is 230 g/mol. The van der Waals surface area contributed by atoms with Crippen molar-refractivity contribution in [3.63, 3.8) is 0 Å². The van der Waals surface area contributed by atoms with Crippen LogP contribution in [0, 0.1) is 0 Å². The van der Waals surface area contributed by atoms with Crippen LogP contribution in [0.2, 0.25) is 0 Å². The van der Waals surface area contributed by atoms with Crippen LogP contribution in [0.5, 0.6) is 5.75 Å². The first-order chi connectivity index (χ1) is 8.69. The number of hydrogen-bond donors (Lipinski definition) is 1. The molecule has 0 saturated carbocycles. The summed E-state index contributed by atoms with van der Waals surface area (Å²) in [6.07, 6.45) is 2.34. The van der Waals surface area contributed by atoms with E-state index in [0.717, 1.165) is 24.3 Å². The second-order valence-corrected chi connectivity index (χ2v) is 4.14. The van der Waals surface area contributed by atoms with Gasteiger partial charge >= 0.3 is 5.97 Å². The summed E-state index contributed by atoms with van der Waals surface area (Å²) in [5.74, 6) is 0.634. The van der Waals surface area contributed by atoms with E-state index in [9.17, 15) is 4.79 Å². The molecule has 0 aliphatic heterocycles. The van der Waals surface area contributed by atoms with Crippen LogP contribution in [0.3, 0.4) is 0 Å². The van der Waals surface area contributed by atoms with Crippen molar-refractivity contribution in [3.8, 4) is 5.75 Å². The zero-order valence-electron chi connectivity index (χ0n) is 11.2. The molecule has 100 valence electrons. The minimum atomic E-state index is -0.186. The molecule has 0 spiro atoms. The number of methoxy groups -OCH3 is 2. The van der Waals surface area contributed by atoms with Crippen molar-refractivity contribution < 1.29 is 14.3 Å². The van der Waals surface area contributed by atoms with Crippen LogP contribution >= 0.6 is 0 Å². The maximum atomic E-state index is 11.3. The monoisotopic (exact) mass is 251 g/mol. The SMILES string of the molecule is CCC[C@@H](CC(=O)OC)Nc1ccc(OC)cc1. The summed E-state index contributed by atoms with van der Waals surface area (Å²) in [5, 5.41) is 3.34. The minimum absolute atomic E-state index is 0.107. The lowest BCUT2D eigenvalue weighted by Gasteiger charge is -2.18. The Balaban J connectivity index is 2.60. The predicted octanol–water partition coefficient (Wildman–Crippen LogP) is 2.84. The van der Waals surface area contributed by atoms with Crippen LogP contribution in [0.1, 0.15) is 26.2 Å². The molecule has 0 aromatic heterocycles. The molecule has 0 saturated heterocycles. The Morgan fingerprint density at radius 3 is 2.44 bits per heavy atom. The fourth-order valence-electron chi connectivity index (χ4n) is 1.78. The van der Waals surface area contributed by atoms with Gasteiger partial charge in [0.1, 0.15) is 5.75 Å². The summed E-state index contributed by atoms with van der Waals surface area (Å²) in [6.45, 7) is 2.10. The predicted molar refractivity (Wildman–Crippen MR) is 71.9 cm³/mol. The number of rotatable bonds is 7. The number of nitrogens with one attached hydrogen (secondary N) is 1. The van der Waals surface area contributed by atoms with E-state index in [-0.39, 0.29) is 12.0 Å². The normalized spacial score (nSPS) is 11.7. The average molecular weight is 251 g/mol. The second kappa shape index (κ2) is 7.58. The van der Waals surface area contributed by atoms with E-state index in [4.69, 9.17) is 9.47 Å². The number of benzene rings is 1. The number of esters is 1. The van der Waals surface area contributed by atoms with Crippen molar-refractivity contribution in [2.75, 3.05) is 19.5 Å². The maximum Gasteiger partial charge on any atom is 0.307 e. The van der Waals surface area contributed by atoms with E-state index in [2.05, 4.69) is 12.2 Å². The van der Waals surface area contributed by atoms with Gasteiger partial charge in [0.2, 0.25) is 0 Å². The number of ether oxygens (including phenoxy) is 2. The molecule has 1 aromatic carbocycles. The maximum absolute atomic E-state index is 11.3. The van der Waals surface area contributed by atoms with E-state index in [1.54, 1.807) is 7.11 Å². The Bertz CT molecular complexity index is 362. The molecule has 0 aliphatic rings.